The molecular formula is C21H27ClN2O5S2. The number of benzene rings is 1. The number of amides is 1. The molecule has 10 heteroatoms. The van der Waals surface area contributed by atoms with Crippen LogP contribution >= 0.6 is 22.9 Å². The van der Waals surface area contributed by atoms with Gasteiger partial charge < -0.3 is 10.1 Å². The fourth-order valence-corrected chi connectivity index (χ4v) is 5.41. The van der Waals surface area contributed by atoms with Crippen LogP contribution in [0.2, 0.25) is 5.02 Å². The number of carbonyl (C=O) groups excluding carboxylic acids is 2. The molecule has 1 amide bonds. The van der Waals surface area contributed by atoms with Gasteiger partial charge in [-0.25, -0.2) is 13.2 Å². The number of esters is 1. The molecule has 2 aromatic rings. The van der Waals surface area contributed by atoms with Crippen LogP contribution < -0.4 is 5.32 Å². The number of nitrogens with zero attached hydrogens (tertiary/aromatic N) is 1. The van der Waals surface area contributed by atoms with Gasteiger partial charge in [0.2, 0.25) is 10.0 Å². The first kappa shape index (κ1) is 25.3. The minimum absolute atomic E-state index is 0.00507. The third-order valence-corrected chi connectivity index (χ3v) is 8.00. The Morgan fingerprint density at radius 3 is 2.42 bits per heavy atom. The van der Waals surface area contributed by atoms with E-state index in [1.54, 1.807) is 13.8 Å². The molecule has 0 unspecified atom stereocenters. The van der Waals surface area contributed by atoms with E-state index < -0.39 is 21.9 Å². The van der Waals surface area contributed by atoms with E-state index in [1.807, 2.05) is 19.2 Å². The number of carbonyl (C=O) groups is 2. The lowest BCUT2D eigenvalue weighted by molar-refractivity contribution is 0.0601. The van der Waals surface area contributed by atoms with E-state index in [2.05, 4.69) is 5.32 Å². The number of nitrogens with one attached hydrogen (secondary N) is 1. The van der Waals surface area contributed by atoms with Crippen molar-refractivity contribution in [2.75, 3.05) is 19.5 Å². The van der Waals surface area contributed by atoms with E-state index >= 15 is 0 Å². The molecule has 0 saturated heterocycles. The number of anilines is 1. The number of hydrogen-bond donors (Lipinski definition) is 1. The van der Waals surface area contributed by atoms with E-state index in [-0.39, 0.29) is 21.5 Å². The summed E-state index contributed by atoms with van der Waals surface area (Å²) in [7, 11) is -1.05. The first-order valence-electron chi connectivity index (χ1n) is 9.67. The van der Waals surface area contributed by atoms with E-state index in [9.17, 15) is 18.0 Å². The first-order chi connectivity index (χ1) is 14.4. The lowest BCUT2D eigenvalue weighted by Crippen LogP contribution is -2.33. The molecule has 0 spiro atoms. The van der Waals surface area contributed by atoms with Crippen molar-refractivity contribution >= 4 is 49.8 Å². The van der Waals surface area contributed by atoms with Crippen LogP contribution in [0.1, 0.15) is 54.0 Å². The number of rotatable bonds is 8. The van der Waals surface area contributed by atoms with Crippen LogP contribution in [0.25, 0.3) is 0 Å². The monoisotopic (exact) mass is 486 g/mol. The highest BCUT2D eigenvalue weighted by molar-refractivity contribution is 7.89. The van der Waals surface area contributed by atoms with Crippen molar-refractivity contribution in [3.8, 4) is 0 Å². The molecule has 1 heterocycles. The number of ether oxygens (including phenoxy) is 1. The van der Waals surface area contributed by atoms with Gasteiger partial charge in [0.25, 0.3) is 5.91 Å². The van der Waals surface area contributed by atoms with Crippen LogP contribution in [-0.2, 0) is 21.2 Å². The van der Waals surface area contributed by atoms with Crippen LogP contribution in [0.3, 0.4) is 0 Å². The van der Waals surface area contributed by atoms with Crippen molar-refractivity contribution in [3.63, 3.8) is 0 Å². The van der Waals surface area contributed by atoms with Gasteiger partial charge in [0.15, 0.2) is 0 Å². The van der Waals surface area contributed by atoms with Crippen molar-refractivity contribution < 1.29 is 22.7 Å². The highest BCUT2D eigenvalue weighted by atomic mass is 35.5. The van der Waals surface area contributed by atoms with Crippen molar-refractivity contribution in [2.45, 2.75) is 45.1 Å². The Morgan fingerprint density at radius 2 is 1.87 bits per heavy atom. The van der Waals surface area contributed by atoms with E-state index in [1.165, 1.54) is 48.0 Å². The van der Waals surface area contributed by atoms with Gasteiger partial charge in [0, 0.05) is 13.1 Å². The summed E-state index contributed by atoms with van der Waals surface area (Å²) in [5.41, 5.74) is 1.08. The smallest absolute Gasteiger partial charge is 0.341 e. The maximum Gasteiger partial charge on any atom is 0.341 e. The number of sulfonamides is 1. The fourth-order valence-electron chi connectivity index (χ4n) is 2.85. The third kappa shape index (κ3) is 5.65. The number of thiophene rings is 1. The van der Waals surface area contributed by atoms with Gasteiger partial charge in [0.1, 0.15) is 5.00 Å². The maximum atomic E-state index is 13.0. The molecule has 1 aromatic heterocycles. The maximum absolute atomic E-state index is 13.0. The molecule has 0 saturated carbocycles. The molecule has 7 nitrogen and oxygen atoms in total. The second-order valence-electron chi connectivity index (χ2n) is 7.77. The molecular weight excluding hydrogens is 460 g/mol. The number of halogens is 1. The highest BCUT2D eigenvalue weighted by Crippen LogP contribution is 2.32. The summed E-state index contributed by atoms with van der Waals surface area (Å²) in [6.07, 6.45) is 0.646. The zero-order valence-corrected chi connectivity index (χ0v) is 20.7. The normalized spacial score (nSPS) is 11.9. The Bertz CT molecular complexity index is 1080. The van der Waals surface area contributed by atoms with Crippen molar-refractivity contribution in [1.82, 2.24) is 4.31 Å². The lowest BCUT2D eigenvalue weighted by atomic mass is 10.0. The predicted octanol–water partition coefficient (Wildman–Crippen LogP) is 4.67. The summed E-state index contributed by atoms with van der Waals surface area (Å²) < 4.78 is 31.7. The van der Waals surface area contributed by atoms with Gasteiger partial charge >= 0.3 is 5.97 Å². The molecule has 0 aliphatic rings. The number of methoxy groups -OCH3 is 1. The Morgan fingerprint density at radius 1 is 1.23 bits per heavy atom. The van der Waals surface area contributed by atoms with Gasteiger partial charge in [-0.15, -0.1) is 11.3 Å². The van der Waals surface area contributed by atoms with Gasteiger partial charge in [-0.1, -0.05) is 25.4 Å². The largest absolute Gasteiger partial charge is 0.465 e. The second kappa shape index (κ2) is 10.1. The molecule has 170 valence electrons. The van der Waals surface area contributed by atoms with Crippen molar-refractivity contribution in [2.24, 2.45) is 5.92 Å². The van der Waals surface area contributed by atoms with E-state index in [0.717, 1.165) is 5.56 Å². The van der Waals surface area contributed by atoms with Crippen LogP contribution in [0, 0.1) is 5.92 Å². The Hall–Kier alpha value is -1.94. The topological polar surface area (TPSA) is 92.8 Å². The molecule has 1 N–H and O–H groups in total. The highest BCUT2D eigenvalue weighted by Gasteiger charge is 2.26. The molecule has 31 heavy (non-hydrogen) atoms. The minimum atomic E-state index is -3.80. The van der Waals surface area contributed by atoms with Gasteiger partial charge in [-0.2, -0.15) is 4.31 Å². The van der Waals surface area contributed by atoms with E-state index in [4.69, 9.17) is 16.3 Å². The fraction of sp³-hybridized carbons (Fsp3) is 0.429. The zero-order chi connectivity index (χ0) is 23.5. The van der Waals surface area contributed by atoms with Gasteiger partial charge in [-0.3, -0.25) is 4.79 Å². The first-order valence-corrected chi connectivity index (χ1v) is 12.4. The Kier molecular flexibility index (Phi) is 8.27. The molecule has 0 aliphatic carbocycles. The van der Waals surface area contributed by atoms with Crippen LogP contribution in [0.15, 0.2) is 28.5 Å². The van der Waals surface area contributed by atoms with Gasteiger partial charge in [0.05, 0.1) is 28.2 Å². The third-order valence-electron chi connectivity index (χ3n) is 4.70. The lowest BCUT2D eigenvalue weighted by Gasteiger charge is -2.21. The van der Waals surface area contributed by atoms with Crippen molar-refractivity contribution in [1.29, 1.82) is 0 Å². The summed E-state index contributed by atoms with van der Waals surface area (Å²) in [5, 5.41) is 4.93. The summed E-state index contributed by atoms with van der Waals surface area (Å²) in [6.45, 7) is 7.55. The minimum Gasteiger partial charge on any atom is -0.465 e. The molecule has 0 fully saturated rings. The SMILES string of the molecule is COC(=O)c1c(CC(C)C)csc1NC(=O)c1cc(S(=O)(=O)N(C)C(C)C)ccc1Cl. The summed E-state index contributed by atoms with van der Waals surface area (Å²) >= 11 is 7.40. The molecule has 0 atom stereocenters. The molecule has 0 radical (unpaired) electrons. The number of hydrogen-bond acceptors (Lipinski definition) is 6. The molecule has 0 bridgehead atoms. The van der Waals surface area contributed by atoms with Crippen LogP contribution in [-0.4, -0.2) is 44.8 Å². The Labute approximate surface area is 192 Å². The summed E-state index contributed by atoms with van der Waals surface area (Å²) in [6, 6.07) is 3.72. The van der Waals surface area contributed by atoms with Crippen LogP contribution in [0.5, 0.6) is 0 Å². The summed E-state index contributed by atoms with van der Waals surface area (Å²) in [5.74, 6) is -0.860. The summed E-state index contributed by atoms with van der Waals surface area (Å²) in [4.78, 5) is 25.2. The molecule has 2 rings (SSSR count). The average molecular weight is 487 g/mol. The predicted molar refractivity (Wildman–Crippen MR) is 124 cm³/mol. The van der Waals surface area contributed by atoms with Gasteiger partial charge in [-0.05, 0) is 55.3 Å². The Balaban J connectivity index is 2.43. The zero-order valence-electron chi connectivity index (χ0n) is 18.4. The van der Waals surface area contributed by atoms with Crippen LogP contribution in [0.4, 0.5) is 5.00 Å². The standard InChI is InChI=1S/C21H27ClN2O5S2/c1-12(2)9-14-11-30-20(18(14)21(26)29-6)23-19(25)16-10-15(7-8-17(16)22)31(27,28)24(5)13(3)4/h7-8,10-13H,9H2,1-6H3,(H,23,25). The molecule has 0 aliphatic heterocycles. The van der Waals surface area contributed by atoms with Crippen molar-refractivity contribution in [3.05, 3.63) is 45.3 Å². The van der Waals surface area contributed by atoms with E-state index in [0.29, 0.717) is 22.9 Å². The second-order valence-corrected chi connectivity index (χ2v) is 11.0. The molecule has 1 aromatic carbocycles. The average Bonchev–Trinajstić information content (AvgIpc) is 3.07. The quantitative estimate of drug-likeness (QED) is 0.547.